The molecule has 6 heteroatoms. The molecule has 0 radical (unpaired) electrons. The minimum Gasteiger partial charge on any atom is -0.370 e. The quantitative estimate of drug-likeness (QED) is 0.808. The Morgan fingerprint density at radius 2 is 2.32 bits per heavy atom. The van der Waals surface area contributed by atoms with E-state index in [1.54, 1.807) is 11.8 Å². The second kappa shape index (κ2) is 7.99. The van der Waals surface area contributed by atoms with Crippen LogP contribution in [0.3, 0.4) is 0 Å². The first-order chi connectivity index (χ1) is 9.08. The number of hydrogen-bond donors (Lipinski definition) is 2. The zero-order valence-electron chi connectivity index (χ0n) is 11.5. The summed E-state index contributed by atoms with van der Waals surface area (Å²) >= 11 is 1.75. The number of rotatable bonds is 7. The van der Waals surface area contributed by atoms with Crippen molar-refractivity contribution in [3.8, 4) is 0 Å². The fourth-order valence-corrected chi connectivity index (χ4v) is 1.88. The van der Waals surface area contributed by atoms with Crippen molar-refractivity contribution in [1.29, 1.82) is 0 Å². The minimum atomic E-state index is -0.510. The maximum absolute atomic E-state index is 13.2. The number of thioether (sulfide) groups is 1. The van der Waals surface area contributed by atoms with Crippen LogP contribution in [0.5, 0.6) is 0 Å². The molecule has 0 bridgehead atoms. The molecular formula is C13H20FN3OS. The summed E-state index contributed by atoms with van der Waals surface area (Å²) in [5.41, 5.74) is 0.249. The second-order valence-electron chi connectivity index (χ2n) is 4.17. The lowest BCUT2D eigenvalue weighted by atomic mass is 10.2. The maximum atomic E-state index is 13.2. The molecule has 0 fully saturated rings. The van der Waals surface area contributed by atoms with Gasteiger partial charge in [-0.25, -0.2) is 9.37 Å². The summed E-state index contributed by atoms with van der Waals surface area (Å²) in [5.74, 6) is -0.389. The van der Waals surface area contributed by atoms with E-state index in [1.165, 1.54) is 6.07 Å². The number of carbonyl (C=O) groups is 1. The zero-order chi connectivity index (χ0) is 14.3. The van der Waals surface area contributed by atoms with Gasteiger partial charge < -0.3 is 10.6 Å². The third kappa shape index (κ3) is 5.06. The standard InChI is InChI=1S/C13H20FN3OS/c1-4-15-12-11(7-10(14)8-17-12)13(18)16-6-5-9(2)19-3/h7-9H,4-6H2,1-3H3,(H,15,17)(H,16,18). The molecule has 106 valence electrons. The number of pyridine rings is 1. The van der Waals surface area contributed by atoms with E-state index in [2.05, 4.69) is 22.5 Å². The van der Waals surface area contributed by atoms with Crippen LogP contribution in [0.4, 0.5) is 10.2 Å². The molecule has 1 rings (SSSR count). The van der Waals surface area contributed by atoms with Crippen molar-refractivity contribution in [2.45, 2.75) is 25.5 Å². The molecule has 0 saturated heterocycles. The summed E-state index contributed by atoms with van der Waals surface area (Å²) in [6.07, 6.45) is 4.02. The van der Waals surface area contributed by atoms with Crippen LogP contribution in [-0.4, -0.2) is 35.5 Å². The van der Waals surface area contributed by atoms with Gasteiger partial charge in [0, 0.05) is 18.3 Å². The highest BCUT2D eigenvalue weighted by molar-refractivity contribution is 7.99. The van der Waals surface area contributed by atoms with Crippen LogP contribution < -0.4 is 10.6 Å². The van der Waals surface area contributed by atoms with E-state index in [1.807, 2.05) is 13.2 Å². The normalized spacial score (nSPS) is 12.0. The van der Waals surface area contributed by atoms with Gasteiger partial charge in [-0.1, -0.05) is 6.92 Å². The average Bonchev–Trinajstić information content (AvgIpc) is 2.40. The first-order valence-corrected chi connectivity index (χ1v) is 7.57. The SMILES string of the molecule is CCNc1ncc(F)cc1C(=O)NCCC(C)SC. The van der Waals surface area contributed by atoms with Crippen molar-refractivity contribution < 1.29 is 9.18 Å². The molecule has 0 aliphatic heterocycles. The van der Waals surface area contributed by atoms with Gasteiger partial charge in [0.2, 0.25) is 0 Å². The molecule has 1 unspecified atom stereocenters. The van der Waals surface area contributed by atoms with Gasteiger partial charge in [-0.3, -0.25) is 4.79 Å². The van der Waals surface area contributed by atoms with Gasteiger partial charge in [-0.15, -0.1) is 0 Å². The van der Waals surface area contributed by atoms with E-state index in [0.29, 0.717) is 24.2 Å². The fraction of sp³-hybridized carbons (Fsp3) is 0.538. The highest BCUT2D eigenvalue weighted by Gasteiger charge is 2.13. The molecular weight excluding hydrogens is 265 g/mol. The molecule has 19 heavy (non-hydrogen) atoms. The van der Waals surface area contributed by atoms with E-state index in [0.717, 1.165) is 12.6 Å². The number of hydrogen-bond acceptors (Lipinski definition) is 4. The van der Waals surface area contributed by atoms with Crippen LogP contribution in [0.2, 0.25) is 0 Å². The number of nitrogens with zero attached hydrogens (tertiary/aromatic N) is 1. The lowest BCUT2D eigenvalue weighted by Crippen LogP contribution is -2.27. The van der Waals surface area contributed by atoms with Crippen molar-refractivity contribution in [3.05, 3.63) is 23.6 Å². The molecule has 1 heterocycles. The third-order valence-corrected chi connectivity index (χ3v) is 3.72. The molecule has 0 aliphatic rings. The number of aromatic nitrogens is 1. The first kappa shape index (κ1) is 15.8. The summed E-state index contributed by atoms with van der Waals surface area (Å²) in [7, 11) is 0. The second-order valence-corrected chi connectivity index (χ2v) is 5.45. The topological polar surface area (TPSA) is 54.0 Å². The van der Waals surface area contributed by atoms with Gasteiger partial charge in [-0.05, 0) is 25.7 Å². The number of carbonyl (C=O) groups excluding carboxylic acids is 1. The molecule has 1 aromatic heterocycles. The van der Waals surface area contributed by atoms with Crippen LogP contribution in [0.1, 0.15) is 30.6 Å². The van der Waals surface area contributed by atoms with Crippen molar-refractivity contribution >= 4 is 23.5 Å². The van der Waals surface area contributed by atoms with Crippen molar-refractivity contribution in [1.82, 2.24) is 10.3 Å². The van der Waals surface area contributed by atoms with Crippen LogP contribution in [0, 0.1) is 5.82 Å². The summed E-state index contributed by atoms with van der Waals surface area (Å²) < 4.78 is 13.2. The van der Waals surface area contributed by atoms with E-state index in [9.17, 15) is 9.18 Å². The molecule has 1 amide bonds. The predicted octanol–water partition coefficient (Wildman–Crippen LogP) is 2.52. The Kier molecular flexibility index (Phi) is 6.62. The highest BCUT2D eigenvalue weighted by Crippen LogP contribution is 2.14. The largest absolute Gasteiger partial charge is 0.370 e. The van der Waals surface area contributed by atoms with Gasteiger partial charge in [0.25, 0.3) is 5.91 Å². The Morgan fingerprint density at radius 1 is 1.58 bits per heavy atom. The summed E-state index contributed by atoms with van der Waals surface area (Å²) in [4.78, 5) is 15.9. The summed E-state index contributed by atoms with van der Waals surface area (Å²) in [6, 6.07) is 1.21. The van der Waals surface area contributed by atoms with E-state index < -0.39 is 5.82 Å². The summed E-state index contributed by atoms with van der Waals surface area (Å²) in [6.45, 7) is 5.20. The smallest absolute Gasteiger partial charge is 0.255 e. The van der Waals surface area contributed by atoms with Crippen molar-refractivity contribution in [2.75, 3.05) is 24.7 Å². The Bertz CT molecular complexity index is 428. The molecule has 0 aromatic carbocycles. The minimum absolute atomic E-state index is 0.249. The fourth-order valence-electron chi connectivity index (χ4n) is 1.52. The van der Waals surface area contributed by atoms with E-state index >= 15 is 0 Å². The van der Waals surface area contributed by atoms with E-state index in [4.69, 9.17) is 0 Å². The lowest BCUT2D eigenvalue weighted by molar-refractivity contribution is 0.0953. The molecule has 1 aromatic rings. The van der Waals surface area contributed by atoms with Crippen LogP contribution in [0.15, 0.2) is 12.3 Å². The third-order valence-electron chi connectivity index (χ3n) is 2.68. The number of anilines is 1. The predicted molar refractivity (Wildman–Crippen MR) is 78.3 cm³/mol. The Labute approximate surface area is 117 Å². The maximum Gasteiger partial charge on any atom is 0.255 e. The molecule has 0 aliphatic carbocycles. The molecule has 2 N–H and O–H groups in total. The first-order valence-electron chi connectivity index (χ1n) is 6.28. The molecule has 4 nitrogen and oxygen atoms in total. The van der Waals surface area contributed by atoms with Crippen LogP contribution in [-0.2, 0) is 0 Å². The average molecular weight is 285 g/mol. The number of halogens is 1. The Morgan fingerprint density at radius 3 is 2.95 bits per heavy atom. The number of amides is 1. The Hall–Kier alpha value is -1.30. The lowest BCUT2D eigenvalue weighted by Gasteiger charge is -2.12. The van der Waals surface area contributed by atoms with Crippen LogP contribution >= 0.6 is 11.8 Å². The zero-order valence-corrected chi connectivity index (χ0v) is 12.3. The monoisotopic (exact) mass is 285 g/mol. The molecule has 1 atom stereocenters. The van der Waals surface area contributed by atoms with Gasteiger partial charge in [0.15, 0.2) is 0 Å². The highest BCUT2D eigenvalue weighted by atomic mass is 32.2. The van der Waals surface area contributed by atoms with E-state index in [-0.39, 0.29) is 11.5 Å². The van der Waals surface area contributed by atoms with Gasteiger partial charge in [0.1, 0.15) is 11.6 Å². The van der Waals surface area contributed by atoms with Crippen molar-refractivity contribution in [3.63, 3.8) is 0 Å². The molecule has 0 spiro atoms. The van der Waals surface area contributed by atoms with Crippen LogP contribution in [0.25, 0.3) is 0 Å². The molecule has 0 saturated carbocycles. The van der Waals surface area contributed by atoms with Gasteiger partial charge in [-0.2, -0.15) is 11.8 Å². The van der Waals surface area contributed by atoms with Crippen molar-refractivity contribution in [2.24, 2.45) is 0 Å². The van der Waals surface area contributed by atoms with Gasteiger partial charge in [0.05, 0.1) is 11.8 Å². The summed E-state index contributed by atoms with van der Waals surface area (Å²) in [5, 5.41) is 6.23. The van der Waals surface area contributed by atoms with Gasteiger partial charge >= 0.3 is 0 Å². The number of nitrogens with one attached hydrogen (secondary N) is 2. The Balaban J connectivity index is 2.67.